The van der Waals surface area contributed by atoms with Gasteiger partial charge in [-0.1, -0.05) is 5.16 Å². The molecule has 1 aromatic heterocycles. The number of rotatable bonds is 3. The lowest BCUT2D eigenvalue weighted by Crippen LogP contribution is -2.39. The maximum atomic E-state index is 12.2. The molecular weight excluding hydrogens is 322 g/mol. The Morgan fingerprint density at radius 2 is 2.04 bits per heavy atom. The SMILES string of the molecule is CN(C)S(=O)(=O)c1ccc2onc(C3CCC(=O)NC3=O)c2c1. The molecule has 2 amide bonds. The molecule has 1 aliphatic heterocycles. The number of hydrogen-bond acceptors (Lipinski definition) is 6. The average molecular weight is 337 g/mol. The minimum Gasteiger partial charge on any atom is -0.356 e. The van der Waals surface area contributed by atoms with E-state index in [2.05, 4.69) is 10.5 Å². The number of imide groups is 1. The van der Waals surface area contributed by atoms with E-state index in [4.69, 9.17) is 4.52 Å². The summed E-state index contributed by atoms with van der Waals surface area (Å²) in [4.78, 5) is 23.3. The summed E-state index contributed by atoms with van der Waals surface area (Å²) in [5.74, 6) is -1.40. The summed E-state index contributed by atoms with van der Waals surface area (Å²) < 4.78 is 30.8. The fourth-order valence-electron chi connectivity index (χ4n) is 2.51. The van der Waals surface area contributed by atoms with Crippen LogP contribution in [0.1, 0.15) is 24.5 Å². The number of hydrogen-bond donors (Lipinski definition) is 1. The second-order valence-corrected chi connectivity index (χ2v) is 7.67. The largest absolute Gasteiger partial charge is 0.356 e. The zero-order valence-corrected chi connectivity index (χ0v) is 13.4. The third-order valence-corrected chi connectivity index (χ3v) is 5.63. The van der Waals surface area contributed by atoms with Gasteiger partial charge >= 0.3 is 0 Å². The van der Waals surface area contributed by atoms with E-state index >= 15 is 0 Å². The Bertz CT molecular complexity index is 900. The fourth-order valence-corrected chi connectivity index (χ4v) is 3.44. The van der Waals surface area contributed by atoms with Gasteiger partial charge in [-0.05, 0) is 24.6 Å². The van der Waals surface area contributed by atoms with E-state index in [1.165, 1.54) is 32.3 Å². The number of amides is 2. The normalized spacial score (nSPS) is 19.3. The lowest BCUT2D eigenvalue weighted by atomic mass is 9.93. The lowest BCUT2D eigenvalue weighted by molar-refractivity contribution is -0.134. The highest BCUT2D eigenvalue weighted by atomic mass is 32.2. The van der Waals surface area contributed by atoms with Gasteiger partial charge in [-0.15, -0.1) is 0 Å². The molecule has 23 heavy (non-hydrogen) atoms. The van der Waals surface area contributed by atoms with Crippen LogP contribution in [0, 0.1) is 0 Å². The first-order chi connectivity index (χ1) is 10.8. The smallest absolute Gasteiger partial charge is 0.242 e. The zero-order chi connectivity index (χ0) is 16.8. The van der Waals surface area contributed by atoms with E-state index in [0.29, 0.717) is 23.1 Å². The van der Waals surface area contributed by atoms with Crippen molar-refractivity contribution in [2.24, 2.45) is 0 Å². The van der Waals surface area contributed by atoms with Crippen molar-refractivity contribution >= 4 is 32.8 Å². The number of sulfonamides is 1. The van der Waals surface area contributed by atoms with Crippen LogP contribution < -0.4 is 5.32 Å². The maximum absolute atomic E-state index is 12.2. The van der Waals surface area contributed by atoms with Crippen LogP contribution in [-0.2, 0) is 19.6 Å². The Balaban J connectivity index is 2.09. The Morgan fingerprint density at radius 1 is 1.30 bits per heavy atom. The molecule has 1 aliphatic rings. The zero-order valence-electron chi connectivity index (χ0n) is 12.6. The molecule has 3 rings (SSSR count). The van der Waals surface area contributed by atoms with Crippen molar-refractivity contribution in [2.45, 2.75) is 23.7 Å². The topological polar surface area (TPSA) is 110 Å². The van der Waals surface area contributed by atoms with Crippen molar-refractivity contribution in [1.29, 1.82) is 0 Å². The summed E-state index contributed by atoms with van der Waals surface area (Å²) in [7, 11) is -0.729. The molecule has 1 unspecified atom stereocenters. The molecule has 0 aliphatic carbocycles. The van der Waals surface area contributed by atoms with Crippen molar-refractivity contribution in [3.8, 4) is 0 Å². The lowest BCUT2D eigenvalue weighted by Gasteiger charge is -2.18. The number of nitrogens with zero attached hydrogens (tertiary/aromatic N) is 2. The molecule has 1 atom stereocenters. The van der Waals surface area contributed by atoms with Crippen LogP contribution in [0.15, 0.2) is 27.6 Å². The molecule has 0 saturated carbocycles. The van der Waals surface area contributed by atoms with Crippen molar-refractivity contribution in [3.05, 3.63) is 23.9 Å². The van der Waals surface area contributed by atoms with E-state index in [-0.39, 0.29) is 17.2 Å². The van der Waals surface area contributed by atoms with E-state index in [0.717, 1.165) is 4.31 Å². The molecule has 1 saturated heterocycles. The van der Waals surface area contributed by atoms with Crippen LogP contribution in [0.2, 0.25) is 0 Å². The third kappa shape index (κ3) is 2.62. The second kappa shape index (κ2) is 5.43. The van der Waals surface area contributed by atoms with Crippen LogP contribution in [0.5, 0.6) is 0 Å². The summed E-state index contributed by atoms with van der Waals surface area (Å²) in [5.41, 5.74) is 0.739. The molecule has 0 bridgehead atoms. The third-order valence-electron chi connectivity index (χ3n) is 3.82. The monoisotopic (exact) mass is 337 g/mol. The first kappa shape index (κ1) is 15.6. The maximum Gasteiger partial charge on any atom is 0.242 e. The quantitative estimate of drug-likeness (QED) is 0.821. The van der Waals surface area contributed by atoms with Gasteiger partial charge in [0.15, 0.2) is 5.58 Å². The van der Waals surface area contributed by atoms with E-state index in [9.17, 15) is 18.0 Å². The first-order valence-corrected chi connectivity index (χ1v) is 8.40. The van der Waals surface area contributed by atoms with Crippen molar-refractivity contribution < 1.29 is 22.5 Å². The van der Waals surface area contributed by atoms with Crippen molar-refractivity contribution in [1.82, 2.24) is 14.8 Å². The summed E-state index contributed by atoms with van der Waals surface area (Å²) in [5, 5.41) is 6.63. The highest BCUT2D eigenvalue weighted by Gasteiger charge is 2.32. The molecule has 0 spiro atoms. The average Bonchev–Trinajstić information content (AvgIpc) is 2.90. The Morgan fingerprint density at radius 3 is 2.70 bits per heavy atom. The Labute approximate surface area is 132 Å². The van der Waals surface area contributed by atoms with Gasteiger partial charge in [-0.3, -0.25) is 14.9 Å². The molecule has 8 nitrogen and oxygen atoms in total. The van der Waals surface area contributed by atoms with Crippen molar-refractivity contribution in [2.75, 3.05) is 14.1 Å². The molecule has 0 radical (unpaired) electrons. The fraction of sp³-hybridized carbons (Fsp3) is 0.357. The number of carbonyl (C=O) groups is 2. The number of aromatic nitrogens is 1. The van der Waals surface area contributed by atoms with Crippen LogP contribution >= 0.6 is 0 Å². The van der Waals surface area contributed by atoms with Gasteiger partial charge in [0, 0.05) is 25.9 Å². The predicted molar refractivity (Wildman–Crippen MR) is 80.0 cm³/mol. The first-order valence-electron chi connectivity index (χ1n) is 6.96. The van der Waals surface area contributed by atoms with Crippen LogP contribution in [0.25, 0.3) is 11.0 Å². The summed E-state index contributed by atoms with van der Waals surface area (Å²) in [6.07, 6.45) is 0.525. The van der Waals surface area contributed by atoms with Crippen LogP contribution in [0.3, 0.4) is 0 Å². The molecule has 2 heterocycles. The molecule has 2 aromatic rings. The van der Waals surface area contributed by atoms with Gasteiger partial charge in [0.1, 0.15) is 5.69 Å². The van der Waals surface area contributed by atoms with Gasteiger partial charge in [-0.2, -0.15) is 0 Å². The summed E-state index contributed by atoms with van der Waals surface area (Å²) >= 11 is 0. The number of fused-ring (bicyclic) bond motifs is 1. The second-order valence-electron chi connectivity index (χ2n) is 5.52. The summed E-state index contributed by atoms with van der Waals surface area (Å²) in [6, 6.07) is 4.38. The number of nitrogens with one attached hydrogen (secondary N) is 1. The predicted octanol–water partition coefficient (Wildman–Crippen LogP) is 0.598. The van der Waals surface area contributed by atoms with Gasteiger partial charge in [-0.25, -0.2) is 12.7 Å². The number of carbonyl (C=O) groups excluding carboxylic acids is 2. The minimum atomic E-state index is -3.61. The van der Waals surface area contributed by atoms with Gasteiger partial charge in [0.2, 0.25) is 21.8 Å². The Kier molecular flexibility index (Phi) is 3.69. The van der Waals surface area contributed by atoms with Gasteiger partial charge < -0.3 is 4.52 Å². The van der Waals surface area contributed by atoms with E-state index in [1.807, 2.05) is 0 Å². The number of piperidine rings is 1. The summed E-state index contributed by atoms with van der Waals surface area (Å²) in [6.45, 7) is 0. The molecule has 1 aromatic carbocycles. The molecule has 9 heteroatoms. The molecule has 122 valence electrons. The number of benzene rings is 1. The van der Waals surface area contributed by atoms with Crippen LogP contribution in [0.4, 0.5) is 0 Å². The van der Waals surface area contributed by atoms with E-state index in [1.54, 1.807) is 0 Å². The molecule has 1 fully saturated rings. The Hall–Kier alpha value is -2.26. The van der Waals surface area contributed by atoms with Crippen LogP contribution in [-0.4, -0.2) is 43.8 Å². The highest BCUT2D eigenvalue weighted by Crippen LogP contribution is 2.32. The standard InChI is InChI=1S/C14H15N3O5S/c1-17(2)23(20,21)8-3-5-11-10(7-8)13(16-22-11)9-4-6-12(18)15-14(9)19/h3,5,7,9H,4,6H2,1-2H3,(H,15,18,19). The van der Waals surface area contributed by atoms with E-state index < -0.39 is 21.8 Å². The molecule has 1 N–H and O–H groups in total. The minimum absolute atomic E-state index is 0.0896. The highest BCUT2D eigenvalue weighted by molar-refractivity contribution is 7.89. The molecular formula is C14H15N3O5S. The van der Waals surface area contributed by atoms with Gasteiger partial charge in [0.25, 0.3) is 0 Å². The van der Waals surface area contributed by atoms with Crippen molar-refractivity contribution in [3.63, 3.8) is 0 Å². The van der Waals surface area contributed by atoms with Gasteiger partial charge in [0.05, 0.1) is 10.8 Å².